The predicted molar refractivity (Wildman–Crippen MR) is 84.3 cm³/mol. The van der Waals surface area contributed by atoms with Gasteiger partial charge in [-0.3, -0.25) is 4.79 Å². The second-order valence-electron chi connectivity index (χ2n) is 5.85. The Morgan fingerprint density at radius 2 is 2.00 bits per heavy atom. The van der Waals surface area contributed by atoms with Crippen molar-refractivity contribution >= 4 is 11.6 Å². The number of anilines is 1. The molecule has 1 aromatic rings. The minimum Gasteiger partial charge on any atom is -0.387 e. The van der Waals surface area contributed by atoms with Crippen molar-refractivity contribution in [2.45, 2.75) is 45.4 Å². The van der Waals surface area contributed by atoms with Crippen LogP contribution in [-0.2, 0) is 0 Å². The third kappa shape index (κ3) is 3.99. The van der Waals surface area contributed by atoms with E-state index in [9.17, 15) is 4.79 Å². The van der Waals surface area contributed by atoms with Gasteiger partial charge in [0.1, 0.15) is 0 Å². The van der Waals surface area contributed by atoms with E-state index < -0.39 is 0 Å². The number of rotatable bonds is 5. The first-order valence-electron chi connectivity index (χ1n) is 7.77. The lowest BCUT2D eigenvalue weighted by atomic mass is 9.87. The van der Waals surface area contributed by atoms with Gasteiger partial charge in [0.05, 0.1) is 5.56 Å². The van der Waals surface area contributed by atoms with Crippen molar-refractivity contribution in [3.05, 3.63) is 29.3 Å². The van der Waals surface area contributed by atoms with Crippen LogP contribution in [0.2, 0.25) is 0 Å². The Labute approximate surface area is 122 Å². The van der Waals surface area contributed by atoms with Gasteiger partial charge >= 0.3 is 0 Å². The Hall–Kier alpha value is -1.51. The third-order valence-electron chi connectivity index (χ3n) is 4.25. The molecule has 110 valence electrons. The number of carbonyl (C=O) groups is 1. The Kier molecular flexibility index (Phi) is 5.45. The maximum absolute atomic E-state index is 12.2. The van der Waals surface area contributed by atoms with E-state index in [4.69, 9.17) is 0 Å². The van der Waals surface area contributed by atoms with E-state index in [1.54, 1.807) is 0 Å². The molecule has 0 heterocycles. The van der Waals surface area contributed by atoms with Gasteiger partial charge in [-0.25, -0.2) is 0 Å². The van der Waals surface area contributed by atoms with E-state index in [1.165, 1.54) is 32.1 Å². The van der Waals surface area contributed by atoms with Gasteiger partial charge < -0.3 is 10.6 Å². The topological polar surface area (TPSA) is 41.1 Å². The summed E-state index contributed by atoms with van der Waals surface area (Å²) in [5.41, 5.74) is 2.80. The van der Waals surface area contributed by atoms with Crippen LogP contribution in [0.1, 0.15) is 54.4 Å². The molecule has 0 aromatic heterocycles. The first kappa shape index (κ1) is 14.9. The summed E-state index contributed by atoms with van der Waals surface area (Å²) in [6, 6.07) is 5.89. The smallest absolute Gasteiger partial charge is 0.253 e. The van der Waals surface area contributed by atoms with Gasteiger partial charge in [-0.05, 0) is 37.0 Å². The zero-order chi connectivity index (χ0) is 14.4. The highest BCUT2D eigenvalue weighted by molar-refractivity contribution is 5.99. The molecule has 0 spiro atoms. The number of benzene rings is 1. The van der Waals surface area contributed by atoms with E-state index in [-0.39, 0.29) is 5.91 Å². The standard InChI is InChI=1S/C17H26N2O/c1-13-8-9-15(16(12-13)18-2)17(20)19-11-10-14-6-4-3-5-7-14/h8-9,12,14,18H,3-7,10-11H2,1-2H3,(H,19,20). The Bertz CT molecular complexity index is 450. The molecule has 2 N–H and O–H groups in total. The van der Waals surface area contributed by atoms with Crippen molar-refractivity contribution in [1.29, 1.82) is 0 Å². The monoisotopic (exact) mass is 274 g/mol. The maximum atomic E-state index is 12.2. The minimum atomic E-state index is 0.0326. The van der Waals surface area contributed by atoms with Gasteiger partial charge in [-0.1, -0.05) is 38.2 Å². The molecule has 0 unspecified atom stereocenters. The van der Waals surface area contributed by atoms with Crippen LogP contribution < -0.4 is 10.6 Å². The summed E-state index contributed by atoms with van der Waals surface area (Å²) in [6.45, 7) is 2.83. The van der Waals surface area contributed by atoms with E-state index >= 15 is 0 Å². The van der Waals surface area contributed by atoms with Crippen LogP contribution >= 0.6 is 0 Å². The minimum absolute atomic E-state index is 0.0326. The molecule has 1 aliphatic carbocycles. The Balaban J connectivity index is 1.85. The maximum Gasteiger partial charge on any atom is 0.253 e. The molecule has 0 radical (unpaired) electrons. The molecule has 3 heteroatoms. The van der Waals surface area contributed by atoms with Crippen molar-refractivity contribution in [2.75, 3.05) is 18.9 Å². The summed E-state index contributed by atoms with van der Waals surface area (Å²) in [5.74, 6) is 0.844. The molecule has 0 bridgehead atoms. The van der Waals surface area contributed by atoms with Crippen LogP contribution in [0.15, 0.2) is 18.2 Å². The van der Waals surface area contributed by atoms with Gasteiger partial charge in [0.15, 0.2) is 0 Å². The highest BCUT2D eigenvalue weighted by Gasteiger charge is 2.14. The van der Waals surface area contributed by atoms with Crippen LogP contribution in [-0.4, -0.2) is 19.5 Å². The van der Waals surface area contributed by atoms with E-state index in [1.807, 2.05) is 32.2 Å². The van der Waals surface area contributed by atoms with Gasteiger partial charge in [-0.15, -0.1) is 0 Å². The molecule has 1 saturated carbocycles. The predicted octanol–water partition coefficient (Wildman–Crippen LogP) is 3.74. The zero-order valence-corrected chi connectivity index (χ0v) is 12.7. The summed E-state index contributed by atoms with van der Waals surface area (Å²) < 4.78 is 0. The summed E-state index contributed by atoms with van der Waals surface area (Å²) >= 11 is 0. The molecule has 0 atom stereocenters. The fraction of sp³-hybridized carbons (Fsp3) is 0.588. The summed E-state index contributed by atoms with van der Waals surface area (Å²) in [6.07, 6.45) is 7.90. The molecule has 1 aliphatic rings. The van der Waals surface area contributed by atoms with Crippen LogP contribution in [0.5, 0.6) is 0 Å². The first-order chi connectivity index (χ1) is 9.70. The van der Waals surface area contributed by atoms with Crippen LogP contribution in [0.4, 0.5) is 5.69 Å². The van der Waals surface area contributed by atoms with Gasteiger partial charge in [-0.2, -0.15) is 0 Å². The van der Waals surface area contributed by atoms with E-state index in [0.29, 0.717) is 0 Å². The summed E-state index contributed by atoms with van der Waals surface area (Å²) in [4.78, 5) is 12.2. The number of aryl methyl sites for hydroxylation is 1. The van der Waals surface area contributed by atoms with Crippen molar-refractivity contribution in [3.8, 4) is 0 Å². The van der Waals surface area contributed by atoms with E-state index in [2.05, 4.69) is 10.6 Å². The molecule has 2 rings (SSSR count). The molecule has 0 aliphatic heterocycles. The molecule has 1 fully saturated rings. The SMILES string of the molecule is CNc1cc(C)ccc1C(=O)NCCC1CCCCC1. The van der Waals surface area contributed by atoms with Gasteiger partial charge in [0, 0.05) is 19.3 Å². The fourth-order valence-electron chi connectivity index (χ4n) is 3.02. The number of hydrogen-bond acceptors (Lipinski definition) is 2. The van der Waals surface area contributed by atoms with Crippen LogP contribution in [0, 0.1) is 12.8 Å². The van der Waals surface area contributed by atoms with Gasteiger partial charge in [0.25, 0.3) is 5.91 Å². The largest absolute Gasteiger partial charge is 0.387 e. The lowest BCUT2D eigenvalue weighted by Gasteiger charge is -2.21. The zero-order valence-electron chi connectivity index (χ0n) is 12.7. The quantitative estimate of drug-likeness (QED) is 0.859. The average molecular weight is 274 g/mol. The molecular formula is C17H26N2O. The lowest BCUT2D eigenvalue weighted by molar-refractivity contribution is 0.0951. The van der Waals surface area contributed by atoms with E-state index in [0.717, 1.165) is 35.7 Å². The Morgan fingerprint density at radius 1 is 1.25 bits per heavy atom. The highest BCUT2D eigenvalue weighted by atomic mass is 16.1. The third-order valence-corrected chi connectivity index (χ3v) is 4.25. The molecule has 3 nitrogen and oxygen atoms in total. The fourth-order valence-corrected chi connectivity index (χ4v) is 3.02. The molecule has 1 amide bonds. The van der Waals surface area contributed by atoms with Crippen LogP contribution in [0.25, 0.3) is 0 Å². The van der Waals surface area contributed by atoms with Crippen molar-refractivity contribution in [1.82, 2.24) is 5.32 Å². The van der Waals surface area contributed by atoms with Crippen molar-refractivity contribution in [3.63, 3.8) is 0 Å². The molecule has 1 aromatic carbocycles. The Morgan fingerprint density at radius 3 is 2.70 bits per heavy atom. The normalized spacial score (nSPS) is 15.9. The summed E-state index contributed by atoms with van der Waals surface area (Å²) in [7, 11) is 1.85. The second-order valence-corrected chi connectivity index (χ2v) is 5.85. The molecule has 0 saturated heterocycles. The average Bonchev–Trinajstić information content (AvgIpc) is 2.48. The number of hydrogen-bond donors (Lipinski definition) is 2. The molecule has 20 heavy (non-hydrogen) atoms. The van der Waals surface area contributed by atoms with Crippen LogP contribution in [0.3, 0.4) is 0 Å². The summed E-state index contributed by atoms with van der Waals surface area (Å²) in [5, 5.41) is 6.16. The van der Waals surface area contributed by atoms with Crippen molar-refractivity contribution in [2.24, 2.45) is 5.92 Å². The number of amides is 1. The van der Waals surface area contributed by atoms with Crippen molar-refractivity contribution < 1.29 is 4.79 Å². The number of carbonyl (C=O) groups excluding carboxylic acids is 1. The molecular weight excluding hydrogens is 248 g/mol. The number of nitrogens with one attached hydrogen (secondary N) is 2. The lowest BCUT2D eigenvalue weighted by Crippen LogP contribution is -2.27. The highest BCUT2D eigenvalue weighted by Crippen LogP contribution is 2.25. The van der Waals surface area contributed by atoms with Gasteiger partial charge in [0.2, 0.25) is 0 Å². The second kappa shape index (κ2) is 7.32. The first-order valence-corrected chi connectivity index (χ1v) is 7.77.